The molecule has 0 aromatic heterocycles. The molecule has 92 valence electrons. The van der Waals surface area contributed by atoms with E-state index in [9.17, 15) is 0 Å². The van der Waals surface area contributed by atoms with Crippen molar-refractivity contribution in [1.82, 2.24) is 0 Å². The zero-order chi connectivity index (χ0) is 12.7. The zero-order valence-corrected chi connectivity index (χ0v) is 11.4. The summed E-state index contributed by atoms with van der Waals surface area (Å²) >= 11 is 1.84. The van der Waals surface area contributed by atoms with Crippen molar-refractivity contribution in [2.75, 3.05) is 5.75 Å². The topological polar surface area (TPSA) is 49.8 Å². The molecule has 0 aliphatic rings. The summed E-state index contributed by atoms with van der Waals surface area (Å²) in [5.41, 5.74) is 6.52. The smallest absolute Gasteiger partial charge is 0.0683 e. The summed E-state index contributed by atoms with van der Waals surface area (Å²) in [6, 6.07) is 10.7. The van der Waals surface area contributed by atoms with E-state index in [2.05, 4.69) is 30.3 Å². The molecular weight excluding hydrogens is 228 g/mol. The number of nitriles is 1. The van der Waals surface area contributed by atoms with E-state index in [4.69, 9.17) is 11.0 Å². The van der Waals surface area contributed by atoms with E-state index in [1.165, 1.54) is 10.5 Å². The minimum Gasteiger partial charge on any atom is -0.326 e. The molecule has 0 radical (unpaired) electrons. The van der Waals surface area contributed by atoms with Gasteiger partial charge in [0.15, 0.2) is 0 Å². The Balaban J connectivity index is 2.29. The second kappa shape index (κ2) is 6.68. The molecule has 0 unspecified atom stereocenters. The molecule has 0 atom stereocenters. The van der Waals surface area contributed by atoms with E-state index in [1.54, 1.807) is 0 Å². The van der Waals surface area contributed by atoms with Gasteiger partial charge in [-0.3, -0.25) is 0 Å². The summed E-state index contributed by atoms with van der Waals surface area (Å²) in [6.45, 7) is 4.59. The van der Waals surface area contributed by atoms with Crippen molar-refractivity contribution < 1.29 is 0 Å². The number of hydrogen-bond acceptors (Lipinski definition) is 3. The highest BCUT2D eigenvalue weighted by molar-refractivity contribution is 7.99. The number of hydrogen-bond donors (Lipinski definition) is 1. The normalized spacial score (nSPS) is 11.2. The lowest BCUT2D eigenvalue weighted by atomic mass is 9.90. The first-order valence-electron chi connectivity index (χ1n) is 5.90. The fraction of sp³-hybridized carbons (Fsp3) is 0.500. The average molecular weight is 248 g/mol. The van der Waals surface area contributed by atoms with Gasteiger partial charge in [0.25, 0.3) is 0 Å². The van der Waals surface area contributed by atoms with Crippen LogP contribution in [0.25, 0.3) is 0 Å². The molecule has 0 bridgehead atoms. The lowest BCUT2D eigenvalue weighted by Gasteiger charge is -2.14. The lowest BCUT2D eigenvalue weighted by molar-refractivity contribution is 0.448. The lowest BCUT2D eigenvalue weighted by Crippen LogP contribution is -2.07. The molecule has 0 saturated carbocycles. The van der Waals surface area contributed by atoms with Crippen molar-refractivity contribution in [3.63, 3.8) is 0 Å². The molecule has 2 N–H and O–H groups in total. The predicted octanol–water partition coefficient (Wildman–Crippen LogP) is 3.57. The molecular formula is C14H20N2S. The zero-order valence-electron chi connectivity index (χ0n) is 10.6. The third-order valence-corrected chi connectivity index (χ3v) is 3.77. The SMILES string of the molecule is CC(C)(C#N)CCCSc1ccc(CN)cc1. The van der Waals surface area contributed by atoms with Gasteiger partial charge < -0.3 is 5.73 Å². The minimum absolute atomic E-state index is 0.191. The fourth-order valence-corrected chi connectivity index (χ4v) is 2.33. The number of nitrogens with zero attached hydrogens (tertiary/aromatic N) is 1. The summed E-state index contributed by atoms with van der Waals surface area (Å²) < 4.78 is 0. The second-order valence-electron chi connectivity index (χ2n) is 4.80. The van der Waals surface area contributed by atoms with E-state index in [0.717, 1.165) is 18.6 Å². The van der Waals surface area contributed by atoms with Crippen molar-refractivity contribution in [2.24, 2.45) is 11.1 Å². The Morgan fingerprint density at radius 1 is 1.29 bits per heavy atom. The van der Waals surface area contributed by atoms with Gasteiger partial charge in [0.05, 0.1) is 11.5 Å². The Kier molecular flexibility index (Phi) is 5.54. The van der Waals surface area contributed by atoms with Crippen molar-refractivity contribution in [3.05, 3.63) is 29.8 Å². The molecule has 1 aromatic rings. The van der Waals surface area contributed by atoms with Crippen LogP contribution in [0.5, 0.6) is 0 Å². The van der Waals surface area contributed by atoms with Crippen molar-refractivity contribution in [3.8, 4) is 6.07 Å². The highest BCUT2D eigenvalue weighted by Crippen LogP contribution is 2.25. The van der Waals surface area contributed by atoms with Crippen LogP contribution in [0.1, 0.15) is 32.3 Å². The van der Waals surface area contributed by atoms with Crippen molar-refractivity contribution in [2.45, 2.75) is 38.1 Å². The molecule has 1 rings (SSSR count). The van der Waals surface area contributed by atoms with Crippen LogP contribution < -0.4 is 5.73 Å². The van der Waals surface area contributed by atoms with Gasteiger partial charge in [-0.2, -0.15) is 5.26 Å². The van der Waals surface area contributed by atoms with E-state index in [0.29, 0.717) is 6.54 Å². The maximum absolute atomic E-state index is 8.90. The van der Waals surface area contributed by atoms with Gasteiger partial charge in [0, 0.05) is 11.4 Å². The molecule has 0 aliphatic carbocycles. The largest absolute Gasteiger partial charge is 0.326 e. The molecule has 2 nitrogen and oxygen atoms in total. The Labute approximate surface area is 108 Å². The fourth-order valence-electron chi connectivity index (χ4n) is 1.48. The summed E-state index contributed by atoms with van der Waals surface area (Å²) in [5, 5.41) is 8.90. The van der Waals surface area contributed by atoms with Crippen LogP contribution in [-0.2, 0) is 6.54 Å². The predicted molar refractivity (Wildman–Crippen MR) is 73.7 cm³/mol. The molecule has 0 amide bonds. The van der Waals surface area contributed by atoms with Gasteiger partial charge in [-0.15, -0.1) is 11.8 Å². The van der Waals surface area contributed by atoms with E-state index >= 15 is 0 Å². The van der Waals surface area contributed by atoms with Gasteiger partial charge >= 0.3 is 0 Å². The van der Waals surface area contributed by atoms with Crippen LogP contribution in [0.3, 0.4) is 0 Å². The molecule has 0 spiro atoms. The van der Waals surface area contributed by atoms with Crippen molar-refractivity contribution >= 4 is 11.8 Å². The molecule has 3 heteroatoms. The Morgan fingerprint density at radius 3 is 2.47 bits per heavy atom. The van der Waals surface area contributed by atoms with E-state index in [-0.39, 0.29) is 5.41 Å². The van der Waals surface area contributed by atoms with Gasteiger partial charge in [0.2, 0.25) is 0 Å². The highest BCUT2D eigenvalue weighted by atomic mass is 32.2. The number of rotatable bonds is 6. The molecule has 0 fully saturated rings. The van der Waals surface area contributed by atoms with Gasteiger partial charge in [-0.05, 0) is 50.1 Å². The van der Waals surface area contributed by atoms with Gasteiger partial charge in [-0.25, -0.2) is 0 Å². The first kappa shape index (κ1) is 14.1. The molecule has 17 heavy (non-hydrogen) atoms. The maximum atomic E-state index is 8.90. The summed E-state index contributed by atoms with van der Waals surface area (Å²) in [6.07, 6.45) is 2.03. The summed E-state index contributed by atoms with van der Waals surface area (Å²) in [4.78, 5) is 1.27. The highest BCUT2D eigenvalue weighted by Gasteiger charge is 2.15. The van der Waals surface area contributed by atoms with Crippen LogP contribution in [0.2, 0.25) is 0 Å². The standard InChI is InChI=1S/C14H20N2S/c1-14(2,11-16)8-3-9-17-13-6-4-12(10-15)5-7-13/h4-7H,3,8-10,15H2,1-2H3. The van der Waals surface area contributed by atoms with Crippen LogP contribution in [0, 0.1) is 16.7 Å². The summed E-state index contributed by atoms with van der Waals surface area (Å²) in [5.74, 6) is 1.06. The monoisotopic (exact) mass is 248 g/mol. The summed E-state index contributed by atoms with van der Waals surface area (Å²) in [7, 11) is 0. The van der Waals surface area contributed by atoms with Crippen molar-refractivity contribution in [1.29, 1.82) is 5.26 Å². The first-order chi connectivity index (χ1) is 8.07. The van der Waals surface area contributed by atoms with Crippen LogP contribution >= 0.6 is 11.8 Å². The van der Waals surface area contributed by atoms with Crippen LogP contribution in [0.4, 0.5) is 0 Å². The first-order valence-corrected chi connectivity index (χ1v) is 6.89. The Morgan fingerprint density at radius 2 is 1.94 bits per heavy atom. The van der Waals surface area contributed by atoms with Crippen LogP contribution in [0.15, 0.2) is 29.2 Å². The number of thioether (sulfide) groups is 1. The maximum Gasteiger partial charge on any atom is 0.0683 e. The molecule has 0 heterocycles. The van der Waals surface area contributed by atoms with Gasteiger partial charge in [0.1, 0.15) is 0 Å². The number of benzene rings is 1. The average Bonchev–Trinajstić information content (AvgIpc) is 2.35. The van der Waals surface area contributed by atoms with Gasteiger partial charge in [-0.1, -0.05) is 12.1 Å². The minimum atomic E-state index is -0.191. The number of nitrogens with two attached hydrogens (primary N) is 1. The quantitative estimate of drug-likeness (QED) is 0.618. The Hall–Kier alpha value is -0.980. The third kappa shape index (κ3) is 5.25. The van der Waals surface area contributed by atoms with Crippen LogP contribution in [-0.4, -0.2) is 5.75 Å². The van der Waals surface area contributed by atoms with E-state index < -0.39 is 0 Å². The molecule has 0 saturated heterocycles. The van der Waals surface area contributed by atoms with E-state index in [1.807, 2.05) is 25.6 Å². The Bertz CT molecular complexity index is 376. The second-order valence-corrected chi connectivity index (χ2v) is 5.96. The molecule has 1 aromatic carbocycles. The third-order valence-electron chi connectivity index (χ3n) is 2.68. The molecule has 0 aliphatic heterocycles.